The van der Waals surface area contributed by atoms with Gasteiger partial charge in [-0.15, -0.1) is 0 Å². The zero-order chi connectivity index (χ0) is 16.4. The van der Waals surface area contributed by atoms with E-state index in [9.17, 15) is 9.59 Å². The maximum Gasteiger partial charge on any atom is 0.274 e. The molecule has 1 aromatic rings. The first-order valence-electron chi connectivity index (χ1n) is 7.84. The van der Waals surface area contributed by atoms with Crippen molar-refractivity contribution in [3.05, 3.63) is 23.8 Å². The van der Waals surface area contributed by atoms with Crippen molar-refractivity contribution in [3.8, 4) is 0 Å². The van der Waals surface area contributed by atoms with E-state index in [2.05, 4.69) is 32.1 Å². The molecule has 2 saturated heterocycles. The number of hydrogen-bond donors (Lipinski definition) is 1. The van der Waals surface area contributed by atoms with Crippen LogP contribution in [-0.2, 0) is 0 Å². The Balaban J connectivity index is 1.53. The van der Waals surface area contributed by atoms with Gasteiger partial charge in [0, 0.05) is 52.4 Å². The third kappa shape index (κ3) is 3.32. The molecule has 124 valence electrons. The molecule has 0 radical (unpaired) electrons. The highest BCUT2D eigenvalue weighted by Gasteiger charge is 2.36. The Morgan fingerprint density at radius 1 is 1.09 bits per heavy atom. The van der Waals surface area contributed by atoms with Crippen molar-refractivity contribution < 1.29 is 9.59 Å². The number of nitrogens with one attached hydrogen (secondary N) is 1. The zero-order valence-corrected chi connectivity index (χ0v) is 13.5. The van der Waals surface area contributed by atoms with Crippen molar-refractivity contribution in [2.24, 2.45) is 0 Å². The highest BCUT2D eigenvalue weighted by atomic mass is 16.2. The lowest BCUT2D eigenvalue weighted by Gasteiger charge is -2.47. The van der Waals surface area contributed by atoms with E-state index in [-0.39, 0.29) is 23.2 Å². The Labute approximate surface area is 135 Å². The molecule has 0 aromatic carbocycles. The second-order valence-corrected chi connectivity index (χ2v) is 6.07. The summed E-state index contributed by atoms with van der Waals surface area (Å²) in [7, 11) is 3.66. The molecule has 0 saturated carbocycles. The molecular formula is C15H22N6O2. The fourth-order valence-electron chi connectivity index (χ4n) is 2.88. The standard InChI is InChI=1S/C15H22N6O2/c1-16-14(22)12-7-18-13(8-17-12)15(23)21-9-11(10-21)20-5-3-19(2)4-6-20/h7-8,11H,3-6,9-10H2,1-2H3,(H,16,22). The molecule has 0 bridgehead atoms. The summed E-state index contributed by atoms with van der Waals surface area (Å²) in [5, 5.41) is 2.47. The predicted molar refractivity (Wildman–Crippen MR) is 84.2 cm³/mol. The van der Waals surface area contributed by atoms with Crippen LogP contribution >= 0.6 is 0 Å². The van der Waals surface area contributed by atoms with Gasteiger partial charge in [-0.25, -0.2) is 9.97 Å². The van der Waals surface area contributed by atoms with Crippen molar-refractivity contribution in [2.75, 3.05) is 53.4 Å². The Morgan fingerprint density at radius 2 is 1.70 bits per heavy atom. The molecule has 1 N–H and O–H groups in total. The number of likely N-dealkylation sites (N-methyl/N-ethyl adjacent to an activating group) is 1. The van der Waals surface area contributed by atoms with E-state index in [4.69, 9.17) is 0 Å². The summed E-state index contributed by atoms with van der Waals surface area (Å²) < 4.78 is 0. The maximum absolute atomic E-state index is 12.4. The summed E-state index contributed by atoms with van der Waals surface area (Å²) >= 11 is 0. The van der Waals surface area contributed by atoms with Crippen molar-refractivity contribution >= 4 is 11.8 Å². The molecule has 8 nitrogen and oxygen atoms in total. The quantitative estimate of drug-likeness (QED) is 0.762. The lowest BCUT2D eigenvalue weighted by molar-refractivity contribution is 0.0106. The van der Waals surface area contributed by atoms with Gasteiger partial charge >= 0.3 is 0 Å². The van der Waals surface area contributed by atoms with Gasteiger partial charge in [0.25, 0.3) is 11.8 Å². The minimum Gasteiger partial charge on any atom is -0.354 e. The summed E-state index contributed by atoms with van der Waals surface area (Å²) in [6.45, 7) is 5.75. The number of rotatable bonds is 3. The van der Waals surface area contributed by atoms with Crippen LogP contribution in [0.5, 0.6) is 0 Å². The molecule has 2 aliphatic heterocycles. The van der Waals surface area contributed by atoms with E-state index in [1.54, 1.807) is 4.90 Å². The van der Waals surface area contributed by atoms with Crippen LogP contribution in [0.15, 0.2) is 12.4 Å². The smallest absolute Gasteiger partial charge is 0.274 e. The number of hydrogen-bond acceptors (Lipinski definition) is 6. The largest absolute Gasteiger partial charge is 0.354 e. The summed E-state index contributed by atoms with van der Waals surface area (Å²) in [6.07, 6.45) is 2.71. The van der Waals surface area contributed by atoms with Crippen LogP contribution in [0.3, 0.4) is 0 Å². The summed E-state index contributed by atoms with van der Waals surface area (Å²) in [5.41, 5.74) is 0.498. The lowest BCUT2D eigenvalue weighted by Crippen LogP contribution is -2.64. The van der Waals surface area contributed by atoms with Crippen molar-refractivity contribution in [2.45, 2.75) is 6.04 Å². The number of carbonyl (C=O) groups is 2. The molecule has 0 unspecified atom stereocenters. The fourth-order valence-corrected chi connectivity index (χ4v) is 2.88. The van der Waals surface area contributed by atoms with Crippen LogP contribution in [0.2, 0.25) is 0 Å². The number of piperazine rings is 1. The maximum atomic E-state index is 12.4. The Bertz CT molecular complexity index is 576. The van der Waals surface area contributed by atoms with Crippen LogP contribution < -0.4 is 5.32 Å². The van der Waals surface area contributed by atoms with E-state index >= 15 is 0 Å². The average molecular weight is 318 g/mol. The molecule has 2 amide bonds. The molecule has 23 heavy (non-hydrogen) atoms. The van der Waals surface area contributed by atoms with Crippen LogP contribution in [0.1, 0.15) is 21.0 Å². The van der Waals surface area contributed by atoms with Crippen LogP contribution in [0.25, 0.3) is 0 Å². The first-order chi connectivity index (χ1) is 11.1. The molecule has 8 heteroatoms. The molecule has 0 aliphatic carbocycles. The van der Waals surface area contributed by atoms with Crippen LogP contribution in [0.4, 0.5) is 0 Å². The van der Waals surface area contributed by atoms with Crippen LogP contribution in [-0.4, -0.2) is 95.9 Å². The Kier molecular flexibility index (Phi) is 4.53. The molecule has 3 heterocycles. The number of carbonyl (C=O) groups excluding carboxylic acids is 2. The van der Waals surface area contributed by atoms with Crippen molar-refractivity contribution in [3.63, 3.8) is 0 Å². The number of likely N-dealkylation sites (tertiary alicyclic amines) is 1. The van der Waals surface area contributed by atoms with E-state index < -0.39 is 0 Å². The van der Waals surface area contributed by atoms with Gasteiger partial charge in [0.1, 0.15) is 11.4 Å². The van der Waals surface area contributed by atoms with E-state index in [0.717, 1.165) is 39.3 Å². The predicted octanol–water partition coefficient (Wildman–Crippen LogP) is -1.09. The van der Waals surface area contributed by atoms with Gasteiger partial charge in [-0.3, -0.25) is 14.5 Å². The number of nitrogens with zero attached hydrogens (tertiary/aromatic N) is 5. The summed E-state index contributed by atoms with van der Waals surface area (Å²) in [4.78, 5) is 38.4. The highest BCUT2D eigenvalue weighted by Crippen LogP contribution is 2.18. The van der Waals surface area contributed by atoms with Gasteiger partial charge in [-0.1, -0.05) is 0 Å². The summed E-state index contributed by atoms with van der Waals surface area (Å²) in [6, 6.07) is 0.450. The van der Waals surface area contributed by atoms with Gasteiger partial charge in [0.2, 0.25) is 0 Å². The Morgan fingerprint density at radius 3 is 2.26 bits per heavy atom. The zero-order valence-electron chi connectivity index (χ0n) is 13.5. The molecule has 2 aliphatic rings. The molecule has 0 spiro atoms. The second-order valence-electron chi connectivity index (χ2n) is 6.07. The third-order valence-corrected chi connectivity index (χ3v) is 4.53. The van der Waals surface area contributed by atoms with Crippen molar-refractivity contribution in [1.82, 2.24) is 30.0 Å². The second kappa shape index (κ2) is 6.59. The topological polar surface area (TPSA) is 81.7 Å². The van der Waals surface area contributed by atoms with Gasteiger partial charge in [-0.05, 0) is 7.05 Å². The van der Waals surface area contributed by atoms with Gasteiger partial charge in [0.05, 0.1) is 12.4 Å². The van der Waals surface area contributed by atoms with Gasteiger partial charge in [0.15, 0.2) is 0 Å². The molecule has 1 aromatic heterocycles. The Hall–Kier alpha value is -2.06. The monoisotopic (exact) mass is 318 g/mol. The van der Waals surface area contributed by atoms with Crippen LogP contribution in [0, 0.1) is 0 Å². The lowest BCUT2D eigenvalue weighted by atomic mass is 10.1. The van der Waals surface area contributed by atoms with E-state index in [1.165, 1.54) is 19.4 Å². The first kappa shape index (κ1) is 15.8. The van der Waals surface area contributed by atoms with Gasteiger partial charge < -0.3 is 15.1 Å². The highest BCUT2D eigenvalue weighted by molar-refractivity contribution is 5.94. The molecular weight excluding hydrogens is 296 g/mol. The summed E-state index contributed by atoms with van der Waals surface area (Å²) in [5.74, 6) is -0.429. The molecule has 2 fully saturated rings. The average Bonchev–Trinajstić information content (AvgIpc) is 2.54. The minimum atomic E-state index is -0.310. The van der Waals surface area contributed by atoms with Crippen molar-refractivity contribution in [1.29, 1.82) is 0 Å². The van der Waals surface area contributed by atoms with E-state index in [1.807, 2.05) is 0 Å². The molecule has 3 rings (SSSR count). The SMILES string of the molecule is CNC(=O)c1cnc(C(=O)N2CC(N3CCN(C)CC3)C2)cn1. The molecule has 0 atom stereocenters. The first-order valence-corrected chi connectivity index (χ1v) is 7.84. The normalized spacial score (nSPS) is 20.2. The number of amides is 2. The van der Waals surface area contributed by atoms with E-state index in [0.29, 0.717) is 6.04 Å². The third-order valence-electron chi connectivity index (χ3n) is 4.53. The van der Waals surface area contributed by atoms with Gasteiger partial charge in [-0.2, -0.15) is 0 Å². The number of aromatic nitrogens is 2. The fraction of sp³-hybridized carbons (Fsp3) is 0.600. The minimum absolute atomic E-state index is 0.119.